The zero-order valence-corrected chi connectivity index (χ0v) is 27.2. The van der Waals surface area contributed by atoms with Crippen LogP contribution >= 0.6 is 0 Å². The molecule has 0 spiro atoms. The molecule has 2 atom stereocenters. The predicted octanol–water partition coefficient (Wildman–Crippen LogP) is 11.6. The summed E-state index contributed by atoms with van der Waals surface area (Å²) in [6, 6.07) is 32.2. The number of hydrogen-bond acceptors (Lipinski definition) is 0. The molecule has 0 heterocycles. The van der Waals surface area contributed by atoms with Gasteiger partial charge in [-0.2, -0.15) is 0 Å². The third-order valence-electron chi connectivity index (χ3n) is 12.0. The molecular formula is C43H50. The van der Waals surface area contributed by atoms with E-state index in [1.165, 1.54) is 103 Å². The van der Waals surface area contributed by atoms with Crippen LogP contribution in [-0.2, 0) is 23.7 Å². The van der Waals surface area contributed by atoms with Gasteiger partial charge in [-0.1, -0.05) is 111 Å². The van der Waals surface area contributed by atoms with E-state index in [9.17, 15) is 0 Å². The fourth-order valence-corrected chi connectivity index (χ4v) is 9.60. The first-order valence-corrected chi connectivity index (χ1v) is 17.3. The average molecular weight is 567 g/mol. The molecule has 4 aromatic carbocycles. The molecule has 3 aliphatic carbocycles. The van der Waals surface area contributed by atoms with E-state index >= 15 is 0 Å². The molecule has 0 heteroatoms. The molecule has 43 heavy (non-hydrogen) atoms. The smallest absolute Gasteiger partial charge is 0.00683 e. The summed E-state index contributed by atoms with van der Waals surface area (Å²) in [6.07, 6.45) is 12.5. The van der Waals surface area contributed by atoms with E-state index in [1.807, 2.05) is 0 Å². The van der Waals surface area contributed by atoms with Crippen LogP contribution in [0.2, 0.25) is 0 Å². The molecule has 4 aromatic rings. The van der Waals surface area contributed by atoms with E-state index in [0.29, 0.717) is 11.8 Å². The summed E-state index contributed by atoms with van der Waals surface area (Å²) in [5.74, 6) is 1.19. The fraction of sp³-hybridized carbons (Fsp3) is 0.442. The monoisotopic (exact) mass is 566 g/mol. The van der Waals surface area contributed by atoms with E-state index in [1.54, 1.807) is 22.3 Å². The van der Waals surface area contributed by atoms with Crippen molar-refractivity contribution in [2.45, 2.75) is 121 Å². The molecule has 2 unspecified atom stereocenters. The zero-order chi connectivity index (χ0) is 29.8. The van der Waals surface area contributed by atoms with Crippen LogP contribution in [0, 0.1) is 20.8 Å². The Hall–Kier alpha value is -3.12. The Kier molecular flexibility index (Phi) is 7.40. The third-order valence-corrected chi connectivity index (χ3v) is 12.0. The summed E-state index contributed by atoms with van der Waals surface area (Å²) in [4.78, 5) is 0. The summed E-state index contributed by atoms with van der Waals surface area (Å²) >= 11 is 0. The second-order valence-electron chi connectivity index (χ2n) is 14.6. The molecule has 0 amide bonds. The van der Waals surface area contributed by atoms with Gasteiger partial charge in [-0.3, -0.25) is 0 Å². The highest BCUT2D eigenvalue weighted by Gasteiger charge is 2.67. The summed E-state index contributed by atoms with van der Waals surface area (Å²) in [7, 11) is 0. The van der Waals surface area contributed by atoms with Crippen molar-refractivity contribution < 1.29 is 0 Å². The van der Waals surface area contributed by atoms with Gasteiger partial charge in [0.15, 0.2) is 0 Å². The number of rotatable bonds is 8. The van der Waals surface area contributed by atoms with Crippen molar-refractivity contribution in [3.05, 3.63) is 129 Å². The number of aryl methyl sites for hydroxylation is 5. The molecule has 0 saturated heterocycles. The molecule has 0 aromatic heterocycles. The maximum Gasteiger partial charge on any atom is 0.00683 e. The van der Waals surface area contributed by atoms with Crippen LogP contribution in [0.1, 0.15) is 127 Å². The number of hydrogen-bond donors (Lipinski definition) is 0. The maximum absolute atomic E-state index is 2.62. The molecule has 222 valence electrons. The second kappa shape index (κ2) is 11.1. The Morgan fingerprint density at radius 3 is 1.49 bits per heavy atom. The Labute approximate surface area is 261 Å². The van der Waals surface area contributed by atoms with Crippen LogP contribution in [0.4, 0.5) is 0 Å². The maximum atomic E-state index is 2.62. The lowest BCUT2D eigenvalue weighted by Gasteiger charge is -2.48. The number of benzene rings is 4. The molecule has 3 aliphatic rings. The lowest BCUT2D eigenvalue weighted by Crippen LogP contribution is -2.43. The van der Waals surface area contributed by atoms with Gasteiger partial charge in [-0.05, 0) is 140 Å². The predicted molar refractivity (Wildman–Crippen MR) is 184 cm³/mol. The molecular weight excluding hydrogens is 516 g/mol. The topological polar surface area (TPSA) is 0 Å². The third kappa shape index (κ3) is 4.63. The summed E-state index contributed by atoms with van der Waals surface area (Å²) in [5.41, 5.74) is 17.0. The standard InChI is InChI=1S/C43H50/c1-6-8-10-32-13-17-34(18-14-32)36-25-42-26-37(35-19-15-33(16-20-35)11-9-7-2)28-43(42,27-36)41-24-31(5)30(4)23-39(41)38-21-12-29(3)22-40(38)42/h12-24,36-37H,6-11,25-28H2,1-5H3. The second-order valence-corrected chi connectivity index (χ2v) is 14.6. The molecule has 0 bridgehead atoms. The van der Waals surface area contributed by atoms with Crippen molar-refractivity contribution in [1.82, 2.24) is 0 Å². The molecule has 2 saturated carbocycles. The van der Waals surface area contributed by atoms with Crippen molar-refractivity contribution >= 4 is 0 Å². The van der Waals surface area contributed by atoms with Gasteiger partial charge in [0, 0.05) is 10.8 Å². The van der Waals surface area contributed by atoms with Gasteiger partial charge >= 0.3 is 0 Å². The Morgan fingerprint density at radius 2 is 1.00 bits per heavy atom. The highest BCUT2D eigenvalue weighted by Crippen LogP contribution is 2.74. The van der Waals surface area contributed by atoms with Crippen molar-refractivity contribution in [3.63, 3.8) is 0 Å². The highest BCUT2D eigenvalue weighted by molar-refractivity contribution is 5.80. The largest absolute Gasteiger partial charge is 0.0654 e. The Morgan fingerprint density at radius 1 is 0.535 bits per heavy atom. The summed E-state index contributed by atoms with van der Waals surface area (Å²) < 4.78 is 0. The first kappa shape index (κ1) is 28.6. The van der Waals surface area contributed by atoms with Gasteiger partial charge in [0.1, 0.15) is 0 Å². The van der Waals surface area contributed by atoms with Crippen molar-refractivity contribution in [3.8, 4) is 11.1 Å². The average Bonchev–Trinajstić information content (AvgIpc) is 3.53. The minimum atomic E-state index is 0.165. The van der Waals surface area contributed by atoms with Crippen LogP contribution < -0.4 is 0 Å². The van der Waals surface area contributed by atoms with Crippen molar-refractivity contribution in [2.75, 3.05) is 0 Å². The van der Waals surface area contributed by atoms with E-state index in [4.69, 9.17) is 0 Å². The van der Waals surface area contributed by atoms with Crippen molar-refractivity contribution in [1.29, 1.82) is 0 Å². The lowest BCUT2D eigenvalue weighted by atomic mass is 9.55. The molecule has 7 rings (SSSR count). The molecule has 0 radical (unpaired) electrons. The van der Waals surface area contributed by atoms with Gasteiger partial charge in [0.25, 0.3) is 0 Å². The van der Waals surface area contributed by atoms with E-state index in [-0.39, 0.29) is 10.8 Å². The summed E-state index contributed by atoms with van der Waals surface area (Å²) in [5, 5.41) is 0. The van der Waals surface area contributed by atoms with Crippen LogP contribution in [0.3, 0.4) is 0 Å². The van der Waals surface area contributed by atoms with Crippen LogP contribution in [0.15, 0.2) is 78.9 Å². The van der Waals surface area contributed by atoms with Gasteiger partial charge < -0.3 is 0 Å². The van der Waals surface area contributed by atoms with E-state index in [2.05, 4.69) is 113 Å². The zero-order valence-electron chi connectivity index (χ0n) is 27.2. The van der Waals surface area contributed by atoms with Gasteiger partial charge in [0.05, 0.1) is 0 Å². The van der Waals surface area contributed by atoms with Crippen LogP contribution in [0.25, 0.3) is 11.1 Å². The highest BCUT2D eigenvalue weighted by atomic mass is 14.7. The van der Waals surface area contributed by atoms with Gasteiger partial charge in [0.2, 0.25) is 0 Å². The van der Waals surface area contributed by atoms with E-state index in [0.717, 1.165) is 0 Å². The Balaban J connectivity index is 1.36. The summed E-state index contributed by atoms with van der Waals surface area (Å²) in [6.45, 7) is 11.5. The lowest BCUT2D eigenvalue weighted by molar-refractivity contribution is 0.299. The van der Waals surface area contributed by atoms with Crippen LogP contribution in [-0.4, -0.2) is 0 Å². The normalized spacial score (nSPS) is 25.2. The van der Waals surface area contributed by atoms with Gasteiger partial charge in [-0.15, -0.1) is 0 Å². The number of unbranched alkanes of at least 4 members (excludes halogenated alkanes) is 2. The first-order valence-electron chi connectivity index (χ1n) is 17.3. The fourth-order valence-electron chi connectivity index (χ4n) is 9.60. The SMILES string of the molecule is CCCCc1ccc(C2CC34CC(c5ccc(CCCC)cc5)CC3(C2)c2cc(C)c(C)cc2-c2ccc(C)cc24)cc1. The number of fused-ring (bicyclic) bond motifs is 3. The first-order chi connectivity index (χ1) is 20.9. The van der Waals surface area contributed by atoms with E-state index < -0.39 is 0 Å². The molecule has 2 fully saturated rings. The van der Waals surface area contributed by atoms with Crippen molar-refractivity contribution in [2.24, 2.45) is 0 Å². The van der Waals surface area contributed by atoms with Crippen LogP contribution in [0.5, 0.6) is 0 Å². The Bertz CT molecular complexity index is 1550. The quantitative estimate of drug-likeness (QED) is 0.199. The molecule has 0 N–H and O–H groups in total. The minimum absolute atomic E-state index is 0.165. The van der Waals surface area contributed by atoms with Gasteiger partial charge in [-0.25, -0.2) is 0 Å². The molecule has 0 aliphatic heterocycles. The minimum Gasteiger partial charge on any atom is -0.0654 e. The molecule has 0 nitrogen and oxygen atoms in total.